The third-order valence-electron chi connectivity index (χ3n) is 1.76. The number of aromatic nitrogens is 1. The Morgan fingerprint density at radius 1 is 1.56 bits per heavy atom. The zero-order chi connectivity index (χ0) is 12.2. The number of pyridine rings is 1. The zero-order valence-electron chi connectivity index (χ0n) is 8.60. The summed E-state index contributed by atoms with van der Waals surface area (Å²) >= 11 is 3.14. The Morgan fingerprint density at radius 3 is 2.81 bits per heavy atom. The highest BCUT2D eigenvalue weighted by Crippen LogP contribution is 2.11. The van der Waals surface area contributed by atoms with E-state index in [0.29, 0.717) is 10.2 Å². The average molecular weight is 307 g/mol. The van der Waals surface area contributed by atoms with Crippen LogP contribution in [0.15, 0.2) is 22.9 Å². The first kappa shape index (κ1) is 13.1. The number of hydrogen-bond acceptors (Lipinski definition) is 4. The summed E-state index contributed by atoms with van der Waals surface area (Å²) in [6.07, 6.45) is 2.68. The van der Waals surface area contributed by atoms with Crippen LogP contribution in [0.25, 0.3) is 0 Å². The molecule has 0 radical (unpaired) electrons. The third-order valence-corrected chi connectivity index (χ3v) is 3.34. The molecule has 0 aliphatic carbocycles. The van der Waals surface area contributed by atoms with E-state index in [-0.39, 0.29) is 18.2 Å². The molecule has 0 bridgehead atoms. The van der Waals surface area contributed by atoms with Crippen molar-refractivity contribution in [3.05, 3.63) is 28.5 Å². The fourth-order valence-corrected chi connectivity index (χ4v) is 1.90. The first-order valence-corrected chi connectivity index (χ1v) is 7.32. The highest BCUT2D eigenvalue weighted by atomic mass is 79.9. The van der Waals surface area contributed by atoms with Gasteiger partial charge in [-0.1, -0.05) is 0 Å². The maximum absolute atomic E-state index is 11.6. The van der Waals surface area contributed by atoms with Crippen molar-refractivity contribution in [1.29, 1.82) is 0 Å². The van der Waals surface area contributed by atoms with E-state index in [1.807, 2.05) is 0 Å². The van der Waals surface area contributed by atoms with Crippen LogP contribution in [0.4, 0.5) is 0 Å². The highest BCUT2D eigenvalue weighted by molar-refractivity contribution is 9.10. The average Bonchev–Trinajstić information content (AvgIpc) is 2.16. The summed E-state index contributed by atoms with van der Waals surface area (Å²) in [5.41, 5.74) is 0.385. The molecule has 0 fully saturated rings. The maximum atomic E-state index is 11.6. The van der Waals surface area contributed by atoms with Crippen LogP contribution in [0.1, 0.15) is 10.4 Å². The van der Waals surface area contributed by atoms with Crippen LogP contribution >= 0.6 is 15.9 Å². The van der Waals surface area contributed by atoms with Gasteiger partial charge < -0.3 is 5.32 Å². The molecule has 5 nitrogen and oxygen atoms in total. The van der Waals surface area contributed by atoms with Crippen LogP contribution in [0.3, 0.4) is 0 Å². The van der Waals surface area contributed by atoms with E-state index in [4.69, 9.17) is 0 Å². The number of carbonyl (C=O) groups is 1. The van der Waals surface area contributed by atoms with Gasteiger partial charge in [-0.15, -0.1) is 0 Å². The molecule has 0 saturated carbocycles. The number of amides is 1. The second-order valence-corrected chi connectivity index (χ2v) is 6.24. The number of nitrogens with one attached hydrogen (secondary N) is 1. The molecule has 88 valence electrons. The Kier molecular flexibility index (Phi) is 4.43. The topological polar surface area (TPSA) is 76.1 Å². The van der Waals surface area contributed by atoms with Gasteiger partial charge in [0.1, 0.15) is 14.4 Å². The van der Waals surface area contributed by atoms with E-state index in [1.165, 1.54) is 0 Å². The lowest BCUT2D eigenvalue weighted by Crippen LogP contribution is -2.29. The van der Waals surface area contributed by atoms with Gasteiger partial charge in [-0.3, -0.25) is 4.79 Å². The molecule has 0 aliphatic heterocycles. The monoisotopic (exact) mass is 306 g/mol. The molecular formula is C9H11BrN2O3S. The molecule has 16 heavy (non-hydrogen) atoms. The number of sulfone groups is 1. The number of hydrogen-bond donors (Lipinski definition) is 1. The van der Waals surface area contributed by atoms with Crippen LogP contribution in [-0.4, -0.2) is 37.9 Å². The van der Waals surface area contributed by atoms with Gasteiger partial charge in [0.25, 0.3) is 5.91 Å². The summed E-state index contributed by atoms with van der Waals surface area (Å²) in [5, 5.41) is 2.51. The lowest BCUT2D eigenvalue weighted by molar-refractivity contribution is 0.0955. The van der Waals surface area contributed by atoms with E-state index in [2.05, 4.69) is 26.2 Å². The maximum Gasteiger partial charge on any atom is 0.254 e. The summed E-state index contributed by atoms with van der Waals surface area (Å²) in [4.78, 5) is 15.5. The Bertz CT molecular complexity index is 487. The molecule has 1 aromatic heterocycles. The summed E-state index contributed by atoms with van der Waals surface area (Å²) < 4.78 is 22.1. The van der Waals surface area contributed by atoms with Gasteiger partial charge in [-0.25, -0.2) is 13.4 Å². The minimum absolute atomic E-state index is 0.0728. The van der Waals surface area contributed by atoms with E-state index in [9.17, 15) is 13.2 Å². The van der Waals surface area contributed by atoms with Crippen molar-refractivity contribution in [1.82, 2.24) is 10.3 Å². The first-order valence-electron chi connectivity index (χ1n) is 4.46. The molecular weight excluding hydrogens is 296 g/mol. The van der Waals surface area contributed by atoms with E-state index in [1.54, 1.807) is 18.3 Å². The lowest BCUT2D eigenvalue weighted by atomic mass is 10.3. The van der Waals surface area contributed by atoms with Crippen molar-refractivity contribution in [2.75, 3.05) is 18.6 Å². The molecule has 1 rings (SSSR count). The second kappa shape index (κ2) is 5.40. The van der Waals surface area contributed by atoms with Crippen LogP contribution in [0.5, 0.6) is 0 Å². The lowest BCUT2D eigenvalue weighted by Gasteiger charge is -2.05. The van der Waals surface area contributed by atoms with Crippen molar-refractivity contribution in [3.63, 3.8) is 0 Å². The predicted molar refractivity (Wildman–Crippen MR) is 64.0 cm³/mol. The molecule has 0 aliphatic rings. The fraction of sp³-hybridized carbons (Fsp3) is 0.333. The SMILES string of the molecule is CS(=O)(=O)CCNC(=O)c1cccnc1Br. The van der Waals surface area contributed by atoms with Gasteiger partial charge in [-0.2, -0.15) is 0 Å². The van der Waals surface area contributed by atoms with Gasteiger partial charge >= 0.3 is 0 Å². The molecule has 1 N–H and O–H groups in total. The van der Waals surface area contributed by atoms with E-state index >= 15 is 0 Å². The Balaban J connectivity index is 2.57. The second-order valence-electron chi connectivity index (χ2n) is 3.23. The number of rotatable bonds is 4. The summed E-state index contributed by atoms with van der Waals surface area (Å²) in [6.45, 7) is 0.0962. The fourth-order valence-electron chi connectivity index (χ4n) is 1.00. The normalized spacial score (nSPS) is 11.1. The molecule has 0 spiro atoms. The third kappa shape index (κ3) is 4.28. The quantitative estimate of drug-likeness (QED) is 0.827. The van der Waals surface area contributed by atoms with Crippen molar-refractivity contribution < 1.29 is 13.2 Å². The molecule has 0 aromatic carbocycles. The van der Waals surface area contributed by atoms with Crippen molar-refractivity contribution in [2.24, 2.45) is 0 Å². The molecule has 1 amide bonds. The summed E-state index contributed by atoms with van der Waals surface area (Å²) in [7, 11) is -3.05. The molecule has 0 saturated heterocycles. The van der Waals surface area contributed by atoms with Crippen molar-refractivity contribution >= 4 is 31.7 Å². The standard InChI is InChI=1S/C9H11BrN2O3S/c1-16(14,15)6-5-12-9(13)7-3-2-4-11-8(7)10/h2-4H,5-6H2,1H3,(H,12,13). The predicted octanol–water partition coefficient (Wildman–Crippen LogP) is 0.618. The first-order chi connectivity index (χ1) is 7.40. The molecule has 1 aromatic rings. The molecule has 0 unspecified atom stereocenters. The van der Waals surface area contributed by atoms with Crippen LogP contribution in [-0.2, 0) is 9.84 Å². The van der Waals surface area contributed by atoms with E-state index < -0.39 is 9.84 Å². The molecule has 0 atom stereocenters. The van der Waals surface area contributed by atoms with Crippen LogP contribution < -0.4 is 5.32 Å². The Morgan fingerprint density at radius 2 is 2.25 bits per heavy atom. The number of carbonyl (C=O) groups excluding carboxylic acids is 1. The Hall–Kier alpha value is -0.950. The van der Waals surface area contributed by atoms with E-state index in [0.717, 1.165) is 6.26 Å². The minimum Gasteiger partial charge on any atom is -0.351 e. The smallest absolute Gasteiger partial charge is 0.254 e. The zero-order valence-corrected chi connectivity index (χ0v) is 11.0. The number of nitrogens with zero attached hydrogens (tertiary/aromatic N) is 1. The minimum atomic E-state index is -3.05. The van der Waals surface area contributed by atoms with Gasteiger partial charge in [0.15, 0.2) is 0 Å². The molecule has 1 heterocycles. The Labute approximate surface area is 102 Å². The van der Waals surface area contributed by atoms with Gasteiger partial charge in [0.2, 0.25) is 0 Å². The van der Waals surface area contributed by atoms with Gasteiger partial charge in [0.05, 0.1) is 11.3 Å². The molecule has 7 heteroatoms. The summed E-state index contributed by atoms with van der Waals surface area (Å²) in [5.74, 6) is -0.417. The van der Waals surface area contributed by atoms with Crippen molar-refractivity contribution in [3.8, 4) is 0 Å². The van der Waals surface area contributed by atoms with Gasteiger partial charge in [0, 0.05) is 19.0 Å². The highest BCUT2D eigenvalue weighted by Gasteiger charge is 2.10. The van der Waals surface area contributed by atoms with Crippen LogP contribution in [0, 0.1) is 0 Å². The largest absolute Gasteiger partial charge is 0.351 e. The van der Waals surface area contributed by atoms with Gasteiger partial charge in [-0.05, 0) is 28.1 Å². The van der Waals surface area contributed by atoms with Crippen molar-refractivity contribution in [2.45, 2.75) is 0 Å². The van der Waals surface area contributed by atoms with Crippen LogP contribution in [0.2, 0.25) is 0 Å². The number of halogens is 1. The summed E-state index contributed by atoms with van der Waals surface area (Å²) in [6, 6.07) is 3.24.